The van der Waals surface area contributed by atoms with Crippen molar-refractivity contribution in [3.63, 3.8) is 0 Å². The third-order valence-electron chi connectivity index (χ3n) is 5.11. The summed E-state index contributed by atoms with van der Waals surface area (Å²) >= 11 is 0. The molecule has 146 valence electrons. The Morgan fingerprint density at radius 2 is 2.04 bits per heavy atom. The van der Waals surface area contributed by atoms with E-state index in [0.717, 1.165) is 43.6 Å². The molecule has 7 heteroatoms. The van der Waals surface area contributed by atoms with Gasteiger partial charge in [0, 0.05) is 25.8 Å². The molecule has 0 atom stereocenters. The van der Waals surface area contributed by atoms with E-state index >= 15 is 0 Å². The summed E-state index contributed by atoms with van der Waals surface area (Å²) in [5.41, 5.74) is 2.10. The Hall–Kier alpha value is -2.12. The monoisotopic (exact) mass is 389 g/mol. The molecule has 0 radical (unpaired) electrons. The molecule has 0 bridgehead atoms. The van der Waals surface area contributed by atoms with Crippen molar-refractivity contribution >= 4 is 15.7 Å². The fourth-order valence-corrected chi connectivity index (χ4v) is 4.73. The number of pyridine rings is 1. The van der Waals surface area contributed by atoms with Crippen LogP contribution in [0.15, 0.2) is 47.6 Å². The molecule has 1 saturated heterocycles. The van der Waals surface area contributed by atoms with Crippen LogP contribution in [-0.4, -0.2) is 40.1 Å². The summed E-state index contributed by atoms with van der Waals surface area (Å²) in [7, 11) is -2.11. The summed E-state index contributed by atoms with van der Waals surface area (Å²) in [6.45, 7) is 4.27. The van der Waals surface area contributed by atoms with E-state index in [9.17, 15) is 8.42 Å². The number of aromatic nitrogens is 1. The fourth-order valence-electron chi connectivity index (χ4n) is 3.39. The Morgan fingerprint density at radius 3 is 2.67 bits per heavy atom. The zero-order valence-corrected chi connectivity index (χ0v) is 16.7. The van der Waals surface area contributed by atoms with Gasteiger partial charge in [-0.25, -0.2) is 13.1 Å². The lowest BCUT2D eigenvalue weighted by molar-refractivity contribution is 0.395. The molecule has 0 saturated carbocycles. The van der Waals surface area contributed by atoms with E-state index in [0.29, 0.717) is 18.2 Å². The number of hydrogen-bond donors (Lipinski definition) is 1. The summed E-state index contributed by atoms with van der Waals surface area (Å²) in [4.78, 5) is 6.68. The van der Waals surface area contributed by atoms with Gasteiger partial charge in [0.05, 0.1) is 19.0 Å². The van der Waals surface area contributed by atoms with Crippen molar-refractivity contribution in [3.8, 4) is 5.75 Å². The summed E-state index contributed by atoms with van der Waals surface area (Å²) in [5, 5.41) is 0. The Kier molecular flexibility index (Phi) is 6.34. The first kappa shape index (κ1) is 19.6. The molecule has 1 aliphatic rings. The number of methoxy groups -OCH3 is 1. The van der Waals surface area contributed by atoms with Crippen molar-refractivity contribution in [1.29, 1.82) is 0 Å². The first-order chi connectivity index (χ1) is 13.0. The third kappa shape index (κ3) is 4.78. The predicted octanol–water partition coefficient (Wildman–Crippen LogP) is 2.85. The van der Waals surface area contributed by atoms with Crippen molar-refractivity contribution in [1.82, 2.24) is 9.71 Å². The molecule has 1 aliphatic heterocycles. The second-order valence-electron chi connectivity index (χ2n) is 6.83. The zero-order valence-electron chi connectivity index (χ0n) is 15.9. The van der Waals surface area contributed by atoms with Crippen molar-refractivity contribution < 1.29 is 13.2 Å². The van der Waals surface area contributed by atoms with E-state index in [4.69, 9.17) is 4.74 Å². The van der Waals surface area contributed by atoms with Gasteiger partial charge < -0.3 is 9.64 Å². The Morgan fingerprint density at radius 1 is 1.26 bits per heavy atom. The molecule has 6 nitrogen and oxygen atoms in total. The number of rotatable bonds is 7. The second-order valence-corrected chi connectivity index (χ2v) is 8.57. The summed E-state index contributed by atoms with van der Waals surface area (Å²) in [6, 6.07) is 9.31. The van der Waals surface area contributed by atoms with Gasteiger partial charge in [0.2, 0.25) is 10.0 Å². The van der Waals surface area contributed by atoms with E-state index in [-0.39, 0.29) is 4.90 Å². The van der Waals surface area contributed by atoms with E-state index in [1.807, 2.05) is 25.3 Å². The van der Waals surface area contributed by atoms with E-state index < -0.39 is 10.0 Å². The average molecular weight is 390 g/mol. The van der Waals surface area contributed by atoms with E-state index in [1.54, 1.807) is 18.3 Å². The van der Waals surface area contributed by atoms with Crippen LogP contribution >= 0.6 is 0 Å². The van der Waals surface area contributed by atoms with Crippen LogP contribution in [0.4, 0.5) is 5.69 Å². The van der Waals surface area contributed by atoms with Crippen LogP contribution < -0.4 is 14.4 Å². The quantitative estimate of drug-likeness (QED) is 0.788. The Labute approximate surface area is 161 Å². The van der Waals surface area contributed by atoms with Crippen LogP contribution in [0.25, 0.3) is 0 Å². The number of benzene rings is 1. The average Bonchev–Trinajstić information content (AvgIpc) is 2.73. The molecular formula is C20H27N3O3S. The van der Waals surface area contributed by atoms with Crippen LogP contribution in [0.5, 0.6) is 5.75 Å². The van der Waals surface area contributed by atoms with Gasteiger partial charge in [0.25, 0.3) is 0 Å². The lowest BCUT2D eigenvalue weighted by Crippen LogP contribution is -2.38. The molecule has 1 aromatic heterocycles. The summed E-state index contributed by atoms with van der Waals surface area (Å²) < 4.78 is 33.6. The lowest BCUT2D eigenvalue weighted by atomic mass is 9.97. The second kappa shape index (κ2) is 8.71. The number of nitrogens with one attached hydrogen (secondary N) is 1. The molecule has 0 spiro atoms. The Bertz CT molecular complexity index is 848. The topological polar surface area (TPSA) is 71.5 Å². The Balaban J connectivity index is 1.60. The van der Waals surface area contributed by atoms with Crippen LogP contribution in [0.1, 0.15) is 25.3 Å². The highest BCUT2D eigenvalue weighted by atomic mass is 32.2. The number of ether oxygens (including phenoxy) is 1. The molecule has 27 heavy (non-hydrogen) atoms. The SMILES string of the molecule is CCc1ccc(OC)c(S(=O)(=O)NCC2CCN(c3cccnc3)CC2)c1. The highest BCUT2D eigenvalue weighted by Crippen LogP contribution is 2.26. The number of anilines is 1. The van der Waals surface area contributed by atoms with E-state index in [2.05, 4.69) is 20.7 Å². The maximum Gasteiger partial charge on any atom is 0.244 e. The van der Waals surface area contributed by atoms with Gasteiger partial charge in [-0.1, -0.05) is 13.0 Å². The molecule has 0 unspecified atom stereocenters. The van der Waals surface area contributed by atoms with E-state index in [1.165, 1.54) is 7.11 Å². The molecule has 1 aromatic carbocycles. The molecule has 1 N–H and O–H groups in total. The minimum atomic E-state index is -3.60. The predicted molar refractivity (Wildman–Crippen MR) is 107 cm³/mol. The van der Waals surface area contributed by atoms with Gasteiger partial charge in [-0.15, -0.1) is 0 Å². The number of aryl methyl sites for hydroxylation is 1. The van der Waals surface area contributed by atoms with Crippen LogP contribution in [0.3, 0.4) is 0 Å². The fraction of sp³-hybridized carbons (Fsp3) is 0.450. The number of sulfonamides is 1. The summed E-state index contributed by atoms with van der Waals surface area (Å²) in [6.07, 6.45) is 6.31. The molecule has 3 rings (SSSR count). The number of nitrogens with zero attached hydrogens (tertiary/aromatic N) is 2. The first-order valence-corrected chi connectivity index (χ1v) is 10.8. The maximum atomic E-state index is 12.8. The highest BCUT2D eigenvalue weighted by molar-refractivity contribution is 7.89. The van der Waals surface area contributed by atoms with Gasteiger partial charge in [0.15, 0.2) is 0 Å². The maximum absolute atomic E-state index is 12.8. The van der Waals surface area contributed by atoms with Gasteiger partial charge in [-0.05, 0) is 55.0 Å². The summed E-state index contributed by atoms with van der Waals surface area (Å²) in [5.74, 6) is 0.708. The third-order valence-corrected chi connectivity index (χ3v) is 6.56. The molecular weight excluding hydrogens is 362 g/mol. The largest absolute Gasteiger partial charge is 0.495 e. The molecule has 2 heterocycles. The highest BCUT2D eigenvalue weighted by Gasteiger charge is 2.24. The smallest absolute Gasteiger partial charge is 0.244 e. The van der Waals surface area contributed by atoms with Gasteiger partial charge in [0.1, 0.15) is 10.6 Å². The zero-order chi connectivity index (χ0) is 19.3. The van der Waals surface area contributed by atoms with Crippen molar-refractivity contribution in [2.45, 2.75) is 31.1 Å². The molecule has 2 aromatic rings. The standard InChI is InChI=1S/C20H27N3O3S/c1-3-16-6-7-19(26-2)20(13-16)27(24,25)22-14-17-8-11-23(12-9-17)18-5-4-10-21-15-18/h4-7,10,13,15,17,22H,3,8-9,11-12,14H2,1-2H3. The van der Waals surface area contributed by atoms with Crippen molar-refractivity contribution in [3.05, 3.63) is 48.3 Å². The lowest BCUT2D eigenvalue weighted by Gasteiger charge is -2.33. The van der Waals surface area contributed by atoms with Crippen molar-refractivity contribution in [2.24, 2.45) is 5.92 Å². The van der Waals surface area contributed by atoms with Crippen LogP contribution in [-0.2, 0) is 16.4 Å². The normalized spacial score (nSPS) is 15.7. The van der Waals surface area contributed by atoms with Crippen LogP contribution in [0, 0.1) is 5.92 Å². The van der Waals surface area contributed by atoms with Gasteiger partial charge in [-0.2, -0.15) is 0 Å². The minimum Gasteiger partial charge on any atom is -0.495 e. The van der Waals surface area contributed by atoms with Crippen molar-refractivity contribution in [2.75, 3.05) is 31.6 Å². The number of piperidine rings is 1. The minimum absolute atomic E-state index is 0.220. The number of hydrogen-bond acceptors (Lipinski definition) is 5. The molecule has 0 amide bonds. The van der Waals surface area contributed by atoms with Gasteiger partial charge in [-0.3, -0.25) is 4.98 Å². The molecule has 1 fully saturated rings. The van der Waals surface area contributed by atoms with Crippen LogP contribution in [0.2, 0.25) is 0 Å². The molecule has 0 aliphatic carbocycles. The van der Waals surface area contributed by atoms with Gasteiger partial charge >= 0.3 is 0 Å². The first-order valence-electron chi connectivity index (χ1n) is 9.35.